The molecule has 2 aromatic rings. The zero-order valence-electron chi connectivity index (χ0n) is 17.5. The molecule has 0 spiro atoms. The molecule has 3 rings (SSSR count). The van der Waals surface area contributed by atoms with E-state index in [9.17, 15) is 39.6 Å². The highest BCUT2D eigenvalue weighted by Crippen LogP contribution is 2.43. The molecule has 13 heteroatoms. The van der Waals surface area contributed by atoms with Gasteiger partial charge in [0.25, 0.3) is 6.47 Å². The van der Waals surface area contributed by atoms with Crippen molar-refractivity contribution in [2.24, 2.45) is 0 Å². The highest BCUT2D eigenvalue weighted by molar-refractivity contribution is 7.92. The number of nitrogens with one attached hydrogen (secondary N) is 1. The summed E-state index contributed by atoms with van der Waals surface area (Å²) < 4.78 is 114. The van der Waals surface area contributed by atoms with Crippen molar-refractivity contribution >= 4 is 16.3 Å². The van der Waals surface area contributed by atoms with Crippen molar-refractivity contribution < 1.29 is 49.0 Å². The molecule has 0 amide bonds. The molecular weight excluding hydrogens is 492 g/mol. The first-order valence-corrected chi connectivity index (χ1v) is 11.4. The molecule has 186 valence electrons. The van der Waals surface area contributed by atoms with Gasteiger partial charge in [-0.3, -0.25) is 10.1 Å². The lowest BCUT2D eigenvalue weighted by atomic mass is 9.83. The molecule has 6 nitrogen and oxygen atoms in total. The van der Waals surface area contributed by atoms with E-state index >= 15 is 0 Å². The Balaban J connectivity index is 2.05. The number of alkyl halides is 6. The van der Waals surface area contributed by atoms with Gasteiger partial charge in [0, 0.05) is 0 Å². The second-order valence-electron chi connectivity index (χ2n) is 7.63. The lowest BCUT2D eigenvalue weighted by Crippen LogP contribution is -2.51. The van der Waals surface area contributed by atoms with Crippen LogP contribution in [-0.4, -0.2) is 32.7 Å². The van der Waals surface area contributed by atoms with Gasteiger partial charge < -0.3 is 9.47 Å². The van der Waals surface area contributed by atoms with Gasteiger partial charge in [-0.15, -0.1) is 13.2 Å². The number of carbonyl (C=O) groups excluding carboxylic acids is 1. The van der Waals surface area contributed by atoms with Gasteiger partial charge in [0.05, 0.1) is 16.0 Å². The number of halogens is 6. The summed E-state index contributed by atoms with van der Waals surface area (Å²) in [5.74, 6) is -0.599. The minimum atomic E-state index is -4.99. The highest BCUT2D eigenvalue weighted by atomic mass is 32.2. The molecular formula is C21H19F6NO5S. The lowest BCUT2D eigenvalue weighted by molar-refractivity contribution is -0.274. The van der Waals surface area contributed by atoms with Crippen LogP contribution in [0.3, 0.4) is 0 Å². The predicted octanol–water partition coefficient (Wildman–Crippen LogP) is 4.54. The average Bonchev–Trinajstić information content (AvgIpc) is 3.20. The molecule has 1 aliphatic heterocycles. The maximum atomic E-state index is 13.4. The molecule has 0 bridgehead atoms. The van der Waals surface area contributed by atoms with E-state index in [-0.39, 0.29) is 24.9 Å². The summed E-state index contributed by atoms with van der Waals surface area (Å²) in [4.78, 5) is 10.1. The Kier molecular flexibility index (Phi) is 6.91. The van der Waals surface area contributed by atoms with Gasteiger partial charge in [0.2, 0.25) is 0 Å². The van der Waals surface area contributed by atoms with Crippen LogP contribution in [0.5, 0.6) is 5.75 Å². The molecule has 0 aliphatic carbocycles. The van der Waals surface area contributed by atoms with E-state index in [0.29, 0.717) is 6.07 Å². The summed E-state index contributed by atoms with van der Waals surface area (Å²) in [6, 6.07) is 8.32. The summed E-state index contributed by atoms with van der Waals surface area (Å²) in [6.45, 7) is 1.47. The van der Waals surface area contributed by atoms with Crippen molar-refractivity contribution in [3.8, 4) is 5.75 Å². The Bertz CT molecular complexity index is 1150. The first-order chi connectivity index (χ1) is 15.7. The van der Waals surface area contributed by atoms with E-state index in [1.54, 1.807) is 0 Å². The summed E-state index contributed by atoms with van der Waals surface area (Å²) in [5.41, 5.74) is -2.76. The molecule has 1 aliphatic rings. The van der Waals surface area contributed by atoms with Gasteiger partial charge in [-0.25, -0.2) is 8.42 Å². The fourth-order valence-corrected chi connectivity index (χ4v) is 5.94. The molecule has 1 fully saturated rings. The highest BCUT2D eigenvalue weighted by Gasteiger charge is 2.51. The predicted molar refractivity (Wildman–Crippen MR) is 106 cm³/mol. The number of hydrogen-bond donors (Lipinski definition) is 1. The number of rotatable bonds is 7. The molecule has 2 aromatic carbocycles. The van der Waals surface area contributed by atoms with E-state index in [2.05, 4.69) is 10.1 Å². The fraction of sp³-hybridized carbons (Fsp3) is 0.381. The van der Waals surface area contributed by atoms with Gasteiger partial charge in [-0.05, 0) is 49.6 Å². The second kappa shape index (κ2) is 9.10. The normalized spacial score (nSPS) is 22.3. The van der Waals surface area contributed by atoms with Gasteiger partial charge in [0.15, 0.2) is 9.84 Å². The third kappa shape index (κ3) is 5.14. The molecule has 34 heavy (non-hydrogen) atoms. The zero-order valence-corrected chi connectivity index (χ0v) is 18.3. The van der Waals surface area contributed by atoms with Gasteiger partial charge >= 0.3 is 12.5 Å². The van der Waals surface area contributed by atoms with E-state index in [1.807, 2.05) is 0 Å². The van der Waals surface area contributed by atoms with E-state index in [0.717, 1.165) is 30.3 Å². The van der Waals surface area contributed by atoms with Crippen molar-refractivity contribution in [1.29, 1.82) is 0 Å². The number of ether oxygens (including phenoxy) is 2. The Hall–Kier alpha value is -2.80. The molecule has 1 heterocycles. The van der Waals surface area contributed by atoms with Crippen molar-refractivity contribution in [2.75, 3.05) is 0 Å². The van der Waals surface area contributed by atoms with Crippen LogP contribution in [-0.2, 0) is 31.1 Å². The maximum absolute atomic E-state index is 13.4. The van der Waals surface area contributed by atoms with Crippen LogP contribution in [0.2, 0.25) is 0 Å². The van der Waals surface area contributed by atoms with Crippen LogP contribution in [0.4, 0.5) is 26.3 Å². The molecule has 0 aromatic heterocycles. The van der Waals surface area contributed by atoms with Crippen molar-refractivity contribution in [3.63, 3.8) is 0 Å². The summed E-state index contributed by atoms with van der Waals surface area (Å²) in [5, 5.41) is 1.20. The summed E-state index contributed by atoms with van der Waals surface area (Å²) in [6.07, 6.45) is -11.3. The maximum Gasteiger partial charge on any atom is 0.573 e. The van der Waals surface area contributed by atoms with Crippen LogP contribution in [0.25, 0.3) is 0 Å². The zero-order chi connectivity index (χ0) is 25.4. The SMILES string of the molecule is CC(OC=O)C1(c2cccc(OC(F)(F)F)c2)CCC(S(=O)(=O)c2ccccc2C(F)(F)F)N1. The first-order valence-electron chi connectivity index (χ1n) is 9.84. The van der Waals surface area contributed by atoms with E-state index < -0.39 is 55.6 Å². The topological polar surface area (TPSA) is 81.7 Å². The molecule has 0 saturated carbocycles. The van der Waals surface area contributed by atoms with Crippen LogP contribution < -0.4 is 10.1 Å². The number of hydrogen-bond acceptors (Lipinski definition) is 6. The van der Waals surface area contributed by atoms with Crippen LogP contribution in [0, 0.1) is 0 Å². The van der Waals surface area contributed by atoms with Crippen LogP contribution >= 0.6 is 0 Å². The Morgan fingerprint density at radius 3 is 2.38 bits per heavy atom. The molecule has 3 atom stereocenters. The van der Waals surface area contributed by atoms with E-state index in [1.165, 1.54) is 19.1 Å². The van der Waals surface area contributed by atoms with Crippen molar-refractivity contribution in [2.45, 2.75) is 54.2 Å². The standard InChI is InChI=1S/C21H19F6NO5S/c1-13(32-12-29)19(14-5-4-6-15(11-14)33-21(25,26)27)10-9-18(28-19)34(30,31)17-8-3-2-7-16(17)20(22,23)24/h2-8,11-13,18,28H,9-10H2,1H3. The number of benzene rings is 2. The van der Waals surface area contributed by atoms with Crippen molar-refractivity contribution in [3.05, 3.63) is 59.7 Å². The van der Waals surface area contributed by atoms with Crippen LogP contribution in [0.1, 0.15) is 30.9 Å². The largest absolute Gasteiger partial charge is 0.573 e. The minimum absolute atomic E-state index is 0.0738. The molecule has 0 radical (unpaired) electrons. The monoisotopic (exact) mass is 511 g/mol. The first kappa shape index (κ1) is 25.8. The molecule has 1 saturated heterocycles. The van der Waals surface area contributed by atoms with Gasteiger partial charge in [-0.2, -0.15) is 13.2 Å². The van der Waals surface area contributed by atoms with Crippen molar-refractivity contribution in [1.82, 2.24) is 5.32 Å². The third-order valence-electron chi connectivity index (χ3n) is 5.63. The smallest absolute Gasteiger partial charge is 0.463 e. The fourth-order valence-electron chi connectivity index (χ4n) is 4.08. The summed E-state index contributed by atoms with van der Waals surface area (Å²) >= 11 is 0. The Morgan fingerprint density at radius 2 is 1.76 bits per heavy atom. The number of sulfone groups is 1. The molecule has 1 N–H and O–H groups in total. The third-order valence-corrected chi connectivity index (χ3v) is 7.70. The average molecular weight is 511 g/mol. The quantitative estimate of drug-likeness (QED) is 0.434. The number of carbonyl (C=O) groups is 1. The lowest BCUT2D eigenvalue weighted by Gasteiger charge is -2.36. The Morgan fingerprint density at radius 1 is 1.09 bits per heavy atom. The van der Waals surface area contributed by atoms with Gasteiger partial charge in [-0.1, -0.05) is 24.3 Å². The van der Waals surface area contributed by atoms with Gasteiger partial charge in [0.1, 0.15) is 17.2 Å². The molecule has 3 unspecified atom stereocenters. The summed E-state index contributed by atoms with van der Waals surface area (Å²) in [7, 11) is -4.61. The minimum Gasteiger partial charge on any atom is -0.463 e. The van der Waals surface area contributed by atoms with Crippen LogP contribution in [0.15, 0.2) is 53.4 Å². The Labute approximate surface area is 190 Å². The second-order valence-corrected chi connectivity index (χ2v) is 9.73. The van der Waals surface area contributed by atoms with E-state index in [4.69, 9.17) is 4.74 Å².